The minimum absolute atomic E-state index is 0.655. The first-order valence-electron chi connectivity index (χ1n) is 6.51. The number of rotatable bonds is 5. The Balaban J connectivity index is 2.11. The Morgan fingerprint density at radius 1 is 1.20 bits per heavy atom. The third-order valence-electron chi connectivity index (χ3n) is 2.90. The summed E-state index contributed by atoms with van der Waals surface area (Å²) in [4.78, 5) is 0. The lowest BCUT2D eigenvalue weighted by Crippen LogP contribution is -2.03. The van der Waals surface area contributed by atoms with Gasteiger partial charge in [0.05, 0.1) is 17.3 Å². The van der Waals surface area contributed by atoms with Crippen LogP contribution < -0.4 is 10.1 Å². The van der Waals surface area contributed by atoms with Crippen LogP contribution in [0.4, 0.5) is 5.69 Å². The second kappa shape index (κ2) is 7.00. The van der Waals surface area contributed by atoms with E-state index in [1.165, 1.54) is 5.56 Å². The fourth-order valence-electron chi connectivity index (χ4n) is 1.90. The second-order valence-corrected chi connectivity index (χ2v) is 5.80. The zero-order valence-corrected chi connectivity index (χ0v) is 13.9. The average Bonchev–Trinajstić information content (AvgIpc) is 2.42. The average molecular weight is 355 g/mol. The number of hydrogen-bond donors (Lipinski definition) is 1. The zero-order valence-electron chi connectivity index (χ0n) is 11.5. The molecular weight excluding hydrogens is 338 g/mol. The molecule has 1 N–H and O–H groups in total. The van der Waals surface area contributed by atoms with Crippen LogP contribution in [0.2, 0.25) is 5.02 Å². The summed E-state index contributed by atoms with van der Waals surface area (Å²) in [6.45, 7) is 5.40. The molecule has 0 radical (unpaired) electrons. The third kappa shape index (κ3) is 3.90. The molecule has 2 aromatic carbocycles. The molecule has 4 heteroatoms. The lowest BCUT2D eigenvalue weighted by molar-refractivity contribution is 0.341. The van der Waals surface area contributed by atoms with Crippen molar-refractivity contribution >= 4 is 33.2 Å². The molecule has 0 heterocycles. The van der Waals surface area contributed by atoms with Crippen LogP contribution in [-0.4, -0.2) is 6.61 Å². The zero-order chi connectivity index (χ0) is 14.5. The quantitative estimate of drug-likeness (QED) is 0.774. The van der Waals surface area contributed by atoms with E-state index in [-0.39, 0.29) is 0 Å². The van der Waals surface area contributed by atoms with E-state index in [2.05, 4.69) is 34.2 Å². The number of aryl methyl sites for hydroxylation is 1. The number of halogens is 2. The molecule has 0 amide bonds. The molecule has 0 saturated heterocycles. The van der Waals surface area contributed by atoms with Gasteiger partial charge in [-0.3, -0.25) is 0 Å². The molecule has 106 valence electrons. The molecule has 0 saturated carbocycles. The van der Waals surface area contributed by atoms with E-state index in [1.807, 2.05) is 37.3 Å². The maximum Gasteiger partial charge on any atom is 0.142 e. The Kier molecular flexibility index (Phi) is 5.32. The molecule has 0 fully saturated rings. The minimum Gasteiger partial charge on any atom is -0.492 e. The van der Waals surface area contributed by atoms with Gasteiger partial charge in [-0.15, -0.1) is 0 Å². The van der Waals surface area contributed by atoms with E-state index in [0.717, 1.165) is 26.5 Å². The van der Waals surface area contributed by atoms with E-state index < -0.39 is 0 Å². The van der Waals surface area contributed by atoms with Crippen molar-refractivity contribution in [3.05, 3.63) is 57.0 Å². The van der Waals surface area contributed by atoms with E-state index in [0.29, 0.717) is 13.2 Å². The molecule has 2 aromatic rings. The van der Waals surface area contributed by atoms with Gasteiger partial charge in [0.1, 0.15) is 5.75 Å². The van der Waals surface area contributed by atoms with Gasteiger partial charge >= 0.3 is 0 Å². The highest BCUT2D eigenvalue weighted by Crippen LogP contribution is 2.27. The lowest BCUT2D eigenvalue weighted by Gasteiger charge is -2.13. The summed E-state index contributed by atoms with van der Waals surface area (Å²) in [5, 5.41) is 4.11. The van der Waals surface area contributed by atoms with E-state index in [9.17, 15) is 0 Å². The molecule has 2 nitrogen and oxygen atoms in total. The smallest absolute Gasteiger partial charge is 0.142 e. The largest absolute Gasteiger partial charge is 0.492 e. The van der Waals surface area contributed by atoms with E-state index in [1.54, 1.807) is 0 Å². The highest BCUT2D eigenvalue weighted by Gasteiger charge is 2.04. The standard InChI is InChI=1S/C16H17BrClNO/c1-3-20-16-8-11(2)4-7-15(16)19-10-12-5-6-13(17)14(18)9-12/h4-9,19H,3,10H2,1-2H3. The van der Waals surface area contributed by atoms with Gasteiger partial charge in [-0.05, 0) is 65.2 Å². The SMILES string of the molecule is CCOc1cc(C)ccc1NCc1ccc(Br)c(Cl)c1. The first kappa shape index (κ1) is 15.2. The molecule has 0 aliphatic rings. The van der Waals surface area contributed by atoms with Crippen LogP contribution >= 0.6 is 27.5 Å². The van der Waals surface area contributed by atoms with E-state index in [4.69, 9.17) is 16.3 Å². The van der Waals surface area contributed by atoms with Gasteiger partial charge in [0.15, 0.2) is 0 Å². The normalized spacial score (nSPS) is 10.4. The summed E-state index contributed by atoms with van der Waals surface area (Å²) in [6.07, 6.45) is 0. The Morgan fingerprint density at radius 3 is 2.70 bits per heavy atom. The first-order chi connectivity index (χ1) is 9.60. The summed E-state index contributed by atoms with van der Waals surface area (Å²) >= 11 is 9.49. The minimum atomic E-state index is 0.655. The van der Waals surface area contributed by atoms with Gasteiger partial charge in [-0.25, -0.2) is 0 Å². The van der Waals surface area contributed by atoms with Crippen LogP contribution in [0.25, 0.3) is 0 Å². The molecular formula is C16H17BrClNO. The number of benzene rings is 2. The van der Waals surface area contributed by atoms with E-state index >= 15 is 0 Å². The Labute approximate surface area is 133 Å². The van der Waals surface area contributed by atoms with Crippen molar-refractivity contribution in [1.29, 1.82) is 0 Å². The molecule has 20 heavy (non-hydrogen) atoms. The van der Waals surface area contributed by atoms with Crippen LogP contribution in [0.5, 0.6) is 5.75 Å². The molecule has 0 aromatic heterocycles. The predicted molar refractivity (Wildman–Crippen MR) is 88.8 cm³/mol. The van der Waals surface area contributed by atoms with Crippen LogP contribution in [0.3, 0.4) is 0 Å². The van der Waals surface area contributed by atoms with Crippen LogP contribution in [-0.2, 0) is 6.54 Å². The molecule has 0 aliphatic heterocycles. The van der Waals surface area contributed by atoms with Crippen molar-refractivity contribution in [3.63, 3.8) is 0 Å². The number of anilines is 1. The summed E-state index contributed by atoms with van der Waals surface area (Å²) in [7, 11) is 0. The van der Waals surface area contributed by atoms with Crippen LogP contribution in [0.15, 0.2) is 40.9 Å². The van der Waals surface area contributed by atoms with Gasteiger partial charge in [-0.2, -0.15) is 0 Å². The molecule has 0 unspecified atom stereocenters. The molecule has 0 spiro atoms. The monoisotopic (exact) mass is 353 g/mol. The summed E-state index contributed by atoms with van der Waals surface area (Å²) < 4.78 is 6.56. The third-order valence-corrected chi connectivity index (χ3v) is 4.14. The van der Waals surface area contributed by atoms with Crippen molar-refractivity contribution in [2.75, 3.05) is 11.9 Å². The highest BCUT2D eigenvalue weighted by atomic mass is 79.9. The Morgan fingerprint density at radius 2 is 2.00 bits per heavy atom. The fourth-order valence-corrected chi connectivity index (χ4v) is 2.35. The van der Waals surface area contributed by atoms with Crippen molar-refractivity contribution in [2.24, 2.45) is 0 Å². The highest BCUT2D eigenvalue weighted by molar-refractivity contribution is 9.10. The summed E-state index contributed by atoms with van der Waals surface area (Å²) in [6, 6.07) is 12.1. The van der Waals surface area contributed by atoms with Gasteiger partial charge < -0.3 is 10.1 Å². The number of ether oxygens (including phenoxy) is 1. The van der Waals surface area contributed by atoms with Gasteiger partial charge in [0, 0.05) is 11.0 Å². The van der Waals surface area contributed by atoms with Crippen LogP contribution in [0.1, 0.15) is 18.1 Å². The van der Waals surface area contributed by atoms with Gasteiger partial charge in [0.2, 0.25) is 0 Å². The van der Waals surface area contributed by atoms with Crippen molar-refractivity contribution in [3.8, 4) is 5.75 Å². The van der Waals surface area contributed by atoms with Crippen molar-refractivity contribution in [1.82, 2.24) is 0 Å². The number of nitrogens with one attached hydrogen (secondary N) is 1. The number of hydrogen-bond acceptors (Lipinski definition) is 2. The second-order valence-electron chi connectivity index (χ2n) is 4.53. The lowest BCUT2D eigenvalue weighted by atomic mass is 10.2. The maximum atomic E-state index is 6.10. The predicted octanol–water partition coefficient (Wildman–Crippen LogP) is 5.42. The fraction of sp³-hybridized carbons (Fsp3) is 0.250. The molecule has 0 aliphatic carbocycles. The maximum absolute atomic E-state index is 6.10. The topological polar surface area (TPSA) is 21.3 Å². The Bertz CT molecular complexity index is 601. The van der Waals surface area contributed by atoms with Crippen molar-refractivity contribution < 1.29 is 4.74 Å². The van der Waals surface area contributed by atoms with Crippen molar-refractivity contribution in [2.45, 2.75) is 20.4 Å². The summed E-state index contributed by atoms with van der Waals surface area (Å²) in [5.74, 6) is 0.885. The van der Waals surface area contributed by atoms with Gasteiger partial charge in [0.25, 0.3) is 0 Å². The first-order valence-corrected chi connectivity index (χ1v) is 7.68. The Hall–Kier alpha value is -1.19. The molecule has 0 bridgehead atoms. The van der Waals surface area contributed by atoms with Gasteiger partial charge in [-0.1, -0.05) is 23.7 Å². The summed E-state index contributed by atoms with van der Waals surface area (Å²) in [5.41, 5.74) is 3.31. The molecule has 0 atom stereocenters. The van der Waals surface area contributed by atoms with Crippen LogP contribution in [0, 0.1) is 6.92 Å². The molecule has 2 rings (SSSR count).